The highest BCUT2D eigenvalue weighted by Gasteiger charge is 2.31. The lowest BCUT2D eigenvalue weighted by molar-refractivity contribution is -0.131. The van der Waals surface area contributed by atoms with Crippen molar-refractivity contribution in [2.45, 2.75) is 27.2 Å². The summed E-state index contributed by atoms with van der Waals surface area (Å²) in [6, 6.07) is 0. The largest absolute Gasteiger partial charge is 0.342 e. The predicted octanol–water partition coefficient (Wildman–Crippen LogP) is 2.28. The SMILES string of the molecule is CC1CCN(CC(C)(C)CBr)C1=O. The Morgan fingerprint density at radius 3 is 2.62 bits per heavy atom. The maximum absolute atomic E-state index is 11.6. The van der Waals surface area contributed by atoms with E-state index >= 15 is 0 Å². The van der Waals surface area contributed by atoms with Crippen LogP contribution in [-0.4, -0.2) is 29.2 Å². The van der Waals surface area contributed by atoms with E-state index in [9.17, 15) is 4.79 Å². The third-order valence-corrected chi connectivity index (χ3v) is 4.06. The summed E-state index contributed by atoms with van der Waals surface area (Å²) < 4.78 is 0. The summed E-state index contributed by atoms with van der Waals surface area (Å²) in [6.45, 7) is 8.19. The van der Waals surface area contributed by atoms with Crippen LogP contribution < -0.4 is 0 Å². The zero-order valence-electron chi connectivity index (χ0n) is 8.64. The lowest BCUT2D eigenvalue weighted by Gasteiger charge is -2.28. The molecule has 0 radical (unpaired) electrons. The molecule has 0 bridgehead atoms. The summed E-state index contributed by atoms with van der Waals surface area (Å²) in [7, 11) is 0. The highest BCUT2D eigenvalue weighted by atomic mass is 79.9. The number of likely N-dealkylation sites (tertiary alicyclic amines) is 1. The van der Waals surface area contributed by atoms with Crippen molar-refractivity contribution in [1.82, 2.24) is 4.90 Å². The molecule has 1 fully saturated rings. The Bertz CT molecular complexity index is 203. The van der Waals surface area contributed by atoms with Gasteiger partial charge in [0.2, 0.25) is 5.91 Å². The molecule has 0 saturated carbocycles. The normalized spacial score (nSPS) is 24.2. The van der Waals surface area contributed by atoms with E-state index in [4.69, 9.17) is 0 Å². The highest BCUT2D eigenvalue weighted by Crippen LogP contribution is 2.25. The molecule has 2 nitrogen and oxygen atoms in total. The summed E-state index contributed by atoms with van der Waals surface area (Å²) in [5, 5.41) is 0.943. The number of nitrogens with zero attached hydrogens (tertiary/aromatic N) is 1. The fourth-order valence-electron chi connectivity index (χ4n) is 1.61. The molecule has 0 aromatic carbocycles. The van der Waals surface area contributed by atoms with Gasteiger partial charge < -0.3 is 4.90 Å². The van der Waals surface area contributed by atoms with Gasteiger partial charge in [-0.25, -0.2) is 0 Å². The first kappa shape index (κ1) is 11.0. The van der Waals surface area contributed by atoms with E-state index in [-0.39, 0.29) is 11.3 Å². The van der Waals surface area contributed by atoms with Crippen molar-refractivity contribution in [2.75, 3.05) is 18.4 Å². The standard InChI is InChI=1S/C10H18BrNO/c1-8-4-5-12(9(8)13)7-10(2,3)6-11/h8H,4-7H2,1-3H3. The fourth-order valence-corrected chi connectivity index (χ4v) is 1.79. The molecule has 76 valence electrons. The lowest BCUT2D eigenvalue weighted by Crippen LogP contribution is -2.36. The quantitative estimate of drug-likeness (QED) is 0.701. The van der Waals surface area contributed by atoms with Crippen LogP contribution in [0.5, 0.6) is 0 Å². The van der Waals surface area contributed by atoms with Gasteiger partial charge in [-0.05, 0) is 11.8 Å². The average Bonchev–Trinajstić information content (AvgIpc) is 2.36. The summed E-state index contributed by atoms with van der Waals surface area (Å²) in [4.78, 5) is 13.6. The number of alkyl halides is 1. The van der Waals surface area contributed by atoms with Gasteiger partial charge >= 0.3 is 0 Å². The van der Waals surface area contributed by atoms with Gasteiger partial charge in [-0.3, -0.25) is 4.79 Å². The van der Waals surface area contributed by atoms with Crippen molar-refractivity contribution in [1.29, 1.82) is 0 Å². The molecule has 0 N–H and O–H groups in total. The molecule has 0 aromatic heterocycles. The minimum Gasteiger partial charge on any atom is -0.342 e. The van der Waals surface area contributed by atoms with Gasteiger partial charge in [0.05, 0.1) is 0 Å². The van der Waals surface area contributed by atoms with E-state index in [2.05, 4.69) is 29.8 Å². The number of amides is 1. The van der Waals surface area contributed by atoms with Gasteiger partial charge in [0.25, 0.3) is 0 Å². The predicted molar refractivity (Wildman–Crippen MR) is 57.9 cm³/mol. The Balaban J connectivity index is 2.51. The van der Waals surface area contributed by atoms with Gasteiger partial charge in [-0.1, -0.05) is 36.7 Å². The van der Waals surface area contributed by atoms with Gasteiger partial charge in [0, 0.05) is 24.3 Å². The molecule has 0 aromatic rings. The minimum absolute atomic E-state index is 0.194. The first-order valence-electron chi connectivity index (χ1n) is 4.81. The molecular weight excluding hydrogens is 230 g/mol. The molecule has 1 aliphatic rings. The van der Waals surface area contributed by atoms with Crippen molar-refractivity contribution in [2.24, 2.45) is 11.3 Å². The fraction of sp³-hybridized carbons (Fsp3) is 0.900. The number of hydrogen-bond acceptors (Lipinski definition) is 1. The van der Waals surface area contributed by atoms with Crippen LogP contribution in [0, 0.1) is 11.3 Å². The molecule has 1 atom stereocenters. The van der Waals surface area contributed by atoms with Crippen LogP contribution in [0.15, 0.2) is 0 Å². The third-order valence-electron chi connectivity index (χ3n) is 2.55. The Morgan fingerprint density at radius 2 is 2.23 bits per heavy atom. The van der Waals surface area contributed by atoms with Crippen LogP contribution in [0.4, 0.5) is 0 Å². The molecule has 1 aliphatic heterocycles. The van der Waals surface area contributed by atoms with Crippen LogP contribution in [0.1, 0.15) is 27.2 Å². The van der Waals surface area contributed by atoms with Gasteiger partial charge in [-0.15, -0.1) is 0 Å². The smallest absolute Gasteiger partial charge is 0.225 e. The van der Waals surface area contributed by atoms with Gasteiger partial charge in [0.1, 0.15) is 0 Å². The summed E-state index contributed by atoms with van der Waals surface area (Å²) in [5.41, 5.74) is 0.194. The number of hydrogen-bond donors (Lipinski definition) is 0. The first-order chi connectivity index (χ1) is 5.96. The van der Waals surface area contributed by atoms with E-state index in [0.717, 1.165) is 24.8 Å². The second kappa shape index (κ2) is 3.99. The summed E-state index contributed by atoms with van der Waals surface area (Å²) >= 11 is 3.48. The minimum atomic E-state index is 0.194. The molecule has 13 heavy (non-hydrogen) atoms. The molecule has 0 aliphatic carbocycles. The number of carbonyl (C=O) groups is 1. The molecule has 3 heteroatoms. The van der Waals surface area contributed by atoms with Crippen LogP contribution in [0.25, 0.3) is 0 Å². The maximum atomic E-state index is 11.6. The second-order valence-corrected chi connectivity index (χ2v) is 5.31. The van der Waals surface area contributed by atoms with Crippen LogP contribution in [0.2, 0.25) is 0 Å². The number of halogens is 1. The van der Waals surface area contributed by atoms with Gasteiger partial charge in [0.15, 0.2) is 0 Å². The topological polar surface area (TPSA) is 20.3 Å². The van der Waals surface area contributed by atoms with Crippen molar-refractivity contribution >= 4 is 21.8 Å². The molecule has 0 spiro atoms. The van der Waals surface area contributed by atoms with Crippen molar-refractivity contribution in [3.63, 3.8) is 0 Å². The third kappa shape index (κ3) is 2.70. The van der Waals surface area contributed by atoms with E-state index in [1.54, 1.807) is 0 Å². The first-order valence-corrected chi connectivity index (χ1v) is 5.93. The molecule has 1 heterocycles. The Kier molecular flexibility index (Phi) is 3.38. The Labute approximate surface area is 88.8 Å². The zero-order chi connectivity index (χ0) is 10.1. The highest BCUT2D eigenvalue weighted by molar-refractivity contribution is 9.09. The summed E-state index contributed by atoms with van der Waals surface area (Å²) in [6.07, 6.45) is 1.02. The molecular formula is C10H18BrNO. The number of rotatable bonds is 3. The molecule has 1 rings (SSSR count). The van der Waals surface area contributed by atoms with Crippen molar-refractivity contribution in [3.05, 3.63) is 0 Å². The zero-order valence-corrected chi connectivity index (χ0v) is 10.2. The summed E-state index contributed by atoms with van der Waals surface area (Å²) in [5.74, 6) is 0.570. The molecule has 1 saturated heterocycles. The van der Waals surface area contributed by atoms with E-state index in [1.807, 2.05) is 11.8 Å². The van der Waals surface area contributed by atoms with Crippen molar-refractivity contribution < 1.29 is 4.79 Å². The average molecular weight is 248 g/mol. The van der Waals surface area contributed by atoms with E-state index in [1.165, 1.54) is 0 Å². The second-order valence-electron chi connectivity index (χ2n) is 4.75. The van der Waals surface area contributed by atoms with Gasteiger partial charge in [-0.2, -0.15) is 0 Å². The van der Waals surface area contributed by atoms with Crippen LogP contribution in [-0.2, 0) is 4.79 Å². The monoisotopic (exact) mass is 247 g/mol. The van der Waals surface area contributed by atoms with Crippen molar-refractivity contribution in [3.8, 4) is 0 Å². The van der Waals surface area contributed by atoms with E-state index in [0.29, 0.717) is 5.91 Å². The van der Waals surface area contributed by atoms with Crippen LogP contribution in [0.3, 0.4) is 0 Å². The molecule has 1 unspecified atom stereocenters. The van der Waals surface area contributed by atoms with Crippen LogP contribution >= 0.6 is 15.9 Å². The molecule has 1 amide bonds. The lowest BCUT2D eigenvalue weighted by atomic mass is 9.96. The Hall–Kier alpha value is -0.0500. The van der Waals surface area contributed by atoms with E-state index < -0.39 is 0 Å². The maximum Gasteiger partial charge on any atom is 0.225 e. The number of carbonyl (C=O) groups excluding carboxylic acids is 1. The Morgan fingerprint density at radius 1 is 1.62 bits per heavy atom.